The van der Waals surface area contributed by atoms with E-state index in [9.17, 15) is 13.2 Å². The number of rotatable bonds is 6. The fourth-order valence-corrected chi connectivity index (χ4v) is 6.34. The average molecular weight is 486 g/mol. The predicted molar refractivity (Wildman–Crippen MR) is 131 cm³/mol. The Labute approximate surface area is 198 Å². The number of anilines is 1. The summed E-state index contributed by atoms with van der Waals surface area (Å²) in [5.41, 5.74) is 3.09. The van der Waals surface area contributed by atoms with Gasteiger partial charge in [0.25, 0.3) is 0 Å². The molecule has 1 saturated heterocycles. The maximum atomic E-state index is 13.5. The van der Waals surface area contributed by atoms with Crippen LogP contribution < -0.4 is 5.32 Å². The van der Waals surface area contributed by atoms with E-state index in [0.717, 1.165) is 21.7 Å². The molecule has 1 unspecified atom stereocenters. The first-order chi connectivity index (χ1) is 15.8. The summed E-state index contributed by atoms with van der Waals surface area (Å²) in [6, 6.07) is 9.73. The van der Waals surface area contributed by atoms with Gasteiger partial charge in [-0.15, -0.1) is 11.3 Å². The number of aryl methyl sites for hydroxylation is 3. The molecule has 7 nitrogen and oxygen atoms in total. The number of piperidine rings is 1. The molecule has 0 aliphatic carbocycles. The first kappa shape index (κ1) is 23.4. The van der Waals surface area contributed by atoms with Gasteiger partial charge in [-0.3, -0.25) is 4.79 Å². The summed E-state index contributed by atoms with van der Waals surface area (Å²) in [4.78, 5) is 14.0. The number of thiophene rings is 1. The van der Waals surface area contributed by atoms with Gasteiger partial charge in [0.1, 0.15) is 5.69 Å². The number of carbonyl (C=O) groups excluding carboxylic acids is 1. The molecule has 1 amide bonds. The maximum absolute atomic E-state index is 13.5. The van der Waals surface area contributed by atoms with Crippen LogP contribution in [0.1, 0.15) is 40.3 Å². The number of nitrogens with one attached hydrogen (secondary N) is 1. The molecule has 0 radical (unpaired) electrons. The smallest absolute Gasteiger partial charge is 0.248 e. The highest BCUT2D eigenvalue weighted by Crippen LogP contribution is 2.30. The van der Waals surface area contributed by atoms with Crippen LogP contribution >= 0.6 is 11.3 Å². The Morgan fingerprint density at radius 2 is 2.06 bits per heavy atom. The molecule has 1 fully saturated rings. The summed E-state index contributed by atoms with van der Waals surface area (Å²) in [5.74, 6) is -0.398. The fraction of sp³-hybridized carbons (Fsp3) is 0.333. The quantitative estimate of drug-likeness (QED) is 0.538. The molecule has 1 aromatic carbocycles. The van der Waals surface area contributed by atoms with Crippen molar-refractivity contribution in [3.05, 3.63) is 63.2 Å². The number of hydrogen-bond donors (Lipinski definition) is 1. The molecule has 0 spiro atoms. The second-order valence-electron chi connectivity index (χ2n) is 8.32. The van der Waals surface area contributed by atoms with Crippen molar-refractivity contribution in [2.45, 2.75) is 38.5 Å². The van der Waals surface area contributed by atoms with Crippen LogP contribution in [-0.4, -0.2) is 36.9 Å². The van der Waals surface area contributed by atoms with Crippen molar-refractivity contribution >= 4 is 45.1 Å². The minimum absolute atomic E-state index is 0.0610. The molecule has 1 aliphatic rings. The minimum Gasteiger partial charge on any atom is -0.355 e. The van der Waals surface area contributed by atoms with Gasteiger partial charge in [0.05, 0.1) is 5.92 Å². The Morgan fingerprint density at radius 1 is 1.24 bits per heavy atom. The zero-order valence-electron chi connectivity index (χ0n) is 18.9. The summed E-state index contributed by atoms with van der Waals surface area (Å²) in [7, 11) is -3.88. The van der Waals surface area contributed by atoms with Crippen molar-refractivity contribution in [2.24, 2.45) is 5.92 Å². The highest BCUT2D eigenvalue weighted by atomic mass is 32.2. The summed E-state index contributed by atoms with van der Waals surface area (Å²) in [6.45, 7) is 6.00. The van der Waals surface area contributed by atoms with Crippen LogP contribution in [0.3, 0.4) is 0 Å². The average Bonchev–Trinajstić information content (AvgIpc) is 3.44. The van der Waals surface area contributed by atoms with Gasteiger partial charge >= 0.3 is 0 Å². The van der Waals surface area contributed by atoms with Gasteiger partial charge in [0, 0.05) is 23.7 Å². The van der Waals surface area contributed by atoms with Crippen molar-refractivity contribution in [3.63, 3.8) is 0 Å². The molecule has 4 rings (SSSR count). The lowest BCUT2D eigenvalue weighted by Gasteiger charge is -2.31. The predicted octanol–water partition coefficient (Wildman–Crippen LogP) is 4.87. The Morgan fingerprint density at radius 3 is 2.82 bits per heavy atom. The van der Waals surface area contributed by atoms with E-state index in [4.69, 9.17) is 4.52 Å². The number of hydrogen-bond acceptors (Lipinski definition) is 6. The maximum Gasteiger partial charge on any atom is 0.248 e. The third-order valence-corrected chi connectivity index (χ3v) is 8.64. The number of benzene rings is 1. The van der Waals surface area contributed by atoms with E-state index >= 15 is 0 Å². The molecular weight excluding hydrogens is 458 g/mol. The van der Waals surface area contributed by atoms with E-state index in [1.165, 1.54) is 4.31 Å². The third kappa shape index (κ3) is 5.10. The second kappa shape index (κ2) is 9.62. The molecule has 1 N–H and O–H groups in total. The number of sulfonamides is 1. The summed E-state index contributed by atoms with van der Waals surface area (Å²) in [5, 5.41) is 8.83. The normalized spacial score (nSPS) is 17.5. The Bertz CT molecular complexity index is 1280. The lowest BCUT2D eigenvalue weighted by molar-refractivity contribution is -0.120. The molecule has 9 heteroatoms. The monoisotopic (exact) mass is 485 g/mol. The highest BCUT2D eigenvalue weighted by Gasteiger charge is 2.37. The minimum atomic E-state index is -3.88. The Hall–Kier alpha value is -2.75. The molecular formula is C24H27N3O4S2. The van der Waals surface area contributed by atoms with Gasteiger partial charge in [-0.2, -0.15) is 4.31 Å². The van der Waals surface area contributed by atoms with E-state index in [1.807, 2.05) is 49.6 Å². The molecule has 33 heavy (non-hydrogen) atoms. The van der Waals surface area contributed by atoms with E-state index < -0.39 is 15.9 Å². The van der Waals surface area contributed by atoms with Gasteiger partial charge in [-0.1, -0.05) is 23.4 Å². The van der Waals surface area contributed by atoms with Crippen LogP contribution in [-0.2, 0) is 14.8 Å². The first-order valence-electron chi connectivity index (χ1n) is 10.8. The van der Waals surface area contributed by atoms with Crippen LogP contribution in [0.5, 0.6) is 0 Å². The van der Waals surface area contributed by atoms with Gasteiger partial charge in [-0.05, 0) is 74.4 Å². The van der Waals surface area contributed by atoms with Crippen molar-refractivity contribution in [2.75, 3.05) is 18.4 Å². The number of nitrogens with zero attached hydrogens (tertiary/aromatic N) is 2. The number of carbonyl (C=O) groups is 1. The lowest BCUT2D eigenvalue weighted by atomic mass is 9.98. The Balaban J connectivity index is 1.54. The molecule has 1 atom stereocenters. The van der Waals surface area contributed by atoms with Gasteiger partial charge in [-0.25, -0.2) is 8.42 Å². The SMILES string of the molecule is Cc1ccc(C)c(NC(=O)C2CCCN(S(=O)(=O)c3c(C)noc3C=Cc3cccs3)C2)c1. The lowest BCUT2D eigenvalue weighted by Crippen LogP contribution is -2.44. The van der Waals surface area contributed by atoms with Gasteiger partial charge in [0.15, 0.2) is 10.7 Å². The van der Waals surface area contributed by atoms with Crippen LogP contribution in [0.25, 0.3) is 12.2 Å². The fourth-order valence-electron chi connectivity index (χ4n) is 3.95. The highest BCUT2D eigenvalue weighted by molar-refractivity contribution is 7.89. The van der Waals surface area contributed by atoms with Crippen LogP contribution in [0.15, 0.2) is 45.1 Å². The van der Waals surface area contributed by atoms with Gasteiger partial charge in [0.2, 0.25) is 15.9 Å². The number of amides is 1. The molecule has 3 aromatic rings. The molecule has 3 heterocycles. The van der Waals surface area contributed by atoms with E-state index in [1.54, 1.807) is 30.4 Å². The van der Waals surface area contributed by atoms with Crippen molar-refractivity contribution in [1.82, 2.24) is 9.46 Å². The van der Waals surface area contributed by atoms with Crippen LogP contribution in [0.2, 0.25) is 0 Å². The zero-order chi connectivity index (χ0) is 23.6. The molecule has 2 aromatic heterocycles. The largest absolute Gasteiger partial charge is 0.355 e. The van der Waals surface area contributed by atoms with Crippen molar-refractivity contribution < 1.29 is 17.7 Å². The molecule has 174 valence electrons. The number of aromatic nitrogens is 1. The summed E-state index contributed by atoms with van der Waals surface area (Å²) in [6.07, 6.45) is 4.68. The molecule has 0 saturated carbocycles. The molecule has 0 bridgehead atoms. The van der Waals surface area contributed by atoms with E-state index in [-0.39, 0.29) is 23.1 Å². The zero-order valence-corrected chi connectivity index (χ0v) is 20.5. The second-order valence-corrected chi connectivity index (χ2v) is 11.2. The van der Waals surface area contributed by atoms with Crippen molar-refractivity contribution in [1.29, 1.82) is 0 Å². The third-order valence-electron chi connectivity index (χ3n) is 5.78. The Kier molecular flexibility index (Phi) is 6.83. The van der Waals surface area contributed by atoms with Crippen molar-refractivity contribution in [3.8, 4) is 0 Å². The topological polar surface area (TPSA) is 92.5 Å². The standard InChI is InChI=1S/C24H27N3O4S2/c1-16-8-9-17(2)21(14-16)25-24(28)19-6-4-12-27(15-19)33(29,30)23-18(3)26-31-22(23)11-10-20-7-5-13-32-20/h5,7-11,13-14,19H,4,6,12,15H2,1-3H3,(H,25,28). The van der Waals surface area contributed by atoms with E-state index in [0.29, 0.717) is 25.1 Å². The first-order valence-corrected chi connectivity index (χ1v) is 13.1. The van der Waals surface area contributed by atoms with Gasteiger partial charge < -0.3 is 9.84 Å². The van der Waals surface area contributed by atoms with Crippen LogP contribution in [0, 0.1) is 26.7 Å². The van der Waals surface area contributed by atoms with Crippen LogP contribution in [0.4, 0.5) is 5.69 Å². The summed E-state index contributed by atoms with van der Waals surface area (Å²) < 4.78 is 33.8. The summed E-state index contributed by atoms with van der Waals surface area (Å²) >= 11 is 1.54. The molecule has 1 aliphatic heterocycles. The van der Waals surface area contributed by atoms with E-state index in [2.05, 4.69) is 10.5 Å².